The zero-order chi connectivity index (χ0) is 17.1. The summed E-state index contributed by atoms with van der Waals surface area (Å²) in [5.41, 5.74) is 1.44. The van der Waals surface area contributed by atoms with Gasteiger partial charge in [-0.15, -0.1) is 5.10 Å². The number of hydrogen-bond donors (Lipinski definition) is 1. The highest BCUT2D eigenvalue weighted by Crippen LogP contribution is 2.17. The van der Waals surface area contributed by atoms with Crippen molar-refractivity contribution in [3.63, 3.8) is 0 Å². The predicted octanol–water partition coefficient (Wildman–Crippen LogP) is 0.841. The van der Waals surface area contributed by atoms with Gasteiger partial charge in [-0.1, -0.05) is 11.3 Å². The van der Waals surface area contributed by atoms with Gasteiger partial charge in [0.05, 0.1) is 12.2 Å². The van der Waals surface area contributed by atoms with E-state index in [9.17, 15) is 14.0 Å². The molecule has 1 aromatic carbocycles. The van der Waals surface area contributed by atoms with Gasteiger partial charge in [-0.05, 0) is 31.5 Å². The first-order valence-electron chi connectivity index (χ1n) is 6.98. The minimum absolute atomic E-state index is 0.0523. The average Bonchev–Trinajstić information content (AvgIpc) is 2.86. The summed E-state index contributed by atoms with van der Waals surface area (Å²) in [6, 6.07) is 4.70. The third-order valence-corrected chi connectivity index (χ3v) is 3.34. The summed E-state index contributed by atoms with van der Waals surface area (Å²) in [5, 5.41) is 10.1. The molecule has 0 saturated carbocycles. The Morgan fingerprint density at radius 2 is 2.00 bits per heavy atom. The normalized spacial score (nSPS) is 10.5. The number of rotatable bonds is 4. The van der Waals surface area contributed by atoms with Crippen LogP contribution >= 0.6 is 0 Å². The van der Waals surface area contributed by atoms with E-state index in [1.807, 2.05) is 0 Å². The minimum Gasteiger partial charge on any atom is -0.347 e. The summed E-state index contributed by atoms with van der Waals surface area (Å²) in [6.45, 7) is 3.25. The molecule has 0 aliphatic rings. The van der Waals surface area contributed by atoms with Gasteiger partial charge in [0.1, 0.15) is 11.5 Å². The lowest BCUT2D eigenvalue weighted by Gasteiger charge is -2.10. The number of benzene rings is 1. The molecule has 0 aliphatic carbocycles. The molecule has 2 amide bonds. The van der Waals surface area contributed by atoms with Gasteiger partial charge < -0.3 is 10.2 Å². The fraction of sp³-hybridized carbons (Fsp3) is 0.333. The van der Waals surface area contributed by atoms with Crippen molar-refractivity contribution in [2.24, 2.45) is 0 Å². The smallest absolute Gasteiger partial charge is 0.274 e. The molecule has 8 heteroatoms. The fourth-order valence-electron chi connectivity index (χ4n) is 1.95. The molecule has 0 bridgehead atoms. The van der Waals surface area contributed by atoms with E-state index in [1.165, 1.54) is 15.6 Å². The highest BCUT2D eigenvalue weighted by Gasteiger charge is 2.19. The van der Waals surface area contributed by atoms with Gasteiger partial charge in [-0.2, -0.15) is 0 Å². The number of nitrogens with zero attached hydrogens (tertiary/aromatic N) is 4. The minimum atomic E-state index is -0.531. The molecular weight excluding hydrogens is 301 g/mol. The van der Waals surface area contributed by atoms with Gasteiger partial charge in [0.15, 0.2) is 5.69 Å². The van der Waals surface area contributed by atoms with E-state index in [1.54, 1.807) is 40.1 Å². The van der Waals surface area contributed by atoms with Crippen molar-refractivity contribution in [1.29, 1.82) is 0 Å². The van der Waals surface area contributed by atoms with E-state index >= 15 is 0 Å². The topological polar surface area (TPSA) is 80.1 Å². The summed E-state index contributed by atoms with van der Waals surface area (Å²) in [5.74, 6) is -1.22. The first-order chi connectivity index (χ1) is 10.8. The maximum absolute atomic E-state index is 14.0. The number of aryl methyl sites for hydroxylation is 1. The number of nitrogens with one attached hydrogen (secondary N) is 1. The van der Waals surface area contributed by atoms with E-state index in [4.69, 9.17) is 0 Å². The monoisotopic (exact) mass is 319 g/mol. The Hall–Kier alpha value is -2.77. The number of likely N-dealkylation sites (N-methyl/N-ethyl adjacent to an activating group) is 1. The van der Waals surface area contributed by atoms with Crippen molar-refractivity contribution in [2.45, 2.75) is 13.8 Å². The van der Waals surface area contributed by atoms with Crippen molar-refractivity contribution in [1.82, 2.24) is 25.2 Å². The van der Waals surface area contributed by atoms with Crippen molar-refractivity contribution in [3.05, 3.63) is 41.0 Å². The molecule has 122 valence electrons. The van der Waals surface area contributed by atoms with Crippen molar-refractivity contribution < 1.29 is 14.0 Å². The molecule has 1 heterocycles. The number of carbonyl (C=O) groups excluding carboxylic acids is 2. The van der Waals surface area contributed by atoms with E-state index in [0.29, 0.717) is 5.69 Å². The van der Waals surface area contributed by atoms with Crippen LogP contribution in [-0.2, 0) is 4.79 Å². The van der Waals surface area contributed by atoms with Crippen LogP contribution in [0.1, 0.15) is 21.7 Å². The molecular formula is C15H18FN5O2. The van der Waals surface area contributed by atoms with Crippen molar-refractivity contribution >= 4 is 11.8 Å². The van der Waals surface area contributed by atoms with Crippen LogP contribution in [0.25, 0.3) is 5.69 Å². The molecule has 1 aromatic heterocycles. The number of hydrogen-bond acceptors (Lipinski definition) is 4. The molecule has 0 aliphatic heterocycles. The first kappa shape index (κ1) is 16.6. The number of amides is 2. The quantitative estimate of drug-likeness (QED) is 0.905. The Morgan fingerprint density at radius 3 is 2.61 bits per heavy atom. The SMILES string of the molecule is Cc1ccc(-n2nnc(C(=O)NCC(=O)N(C)C)c2C)c(F)c1. The van der Waals surface area contributed by atoms with Crippen LogP contribution in [0.5, 0.6) is 0 Å². The second-order valence-electron chi connectivity index (χ2n) is 5.36. The van der Waals surface area contributed by atoms with E-state index in [-0.39, 0.29) is 23.8 Å². The molecule has 2 rings (SSSR count). The molecule has 0 atom stereocenters. The summed E-state index contributed by atoms with van der Waals surface area (Å²) >= 11 is 0. The first-order valence-corrected chi connectivity index (χ1v) is 6.98. The maximum Gasteiger partial charge on any atom is 0.274 e. The Labute approximate surface area is 133 Å². The van der Waals surface area contributed by atoms with Crippen molar-refractivity contribution in [3.8, 4) is 5.69 Å². The van der Waals surface area contributed by atoms with Crippen LogP contribution in [0.3, 0.4) is 0 Å². The lowest BCUT2D eigenvalue weighted by Crippen LogP contribution is -2.36. The third kappa shape index (κ3) is 3.53. The summed E-state index contributed by atoms with van der Waals surface area (Å²) in [6.07, 6.45) is 0. The molecule has 7 nitrogen and oxygen atoms in total. The largest absolute Gasteiger partial charge is 0.347 e. The van der Waals surface area contributed by atoms with E-state index in [0.717, 1.165) is 5.56 Å². The average molecular weight is 319 g/mol. The standard InChI is InChI=1S/C15H18FN5O2/c1-9-5-6-12(11(16)7-9)21-10(2)14(18-19-21)15(23)17-8-13(22)20(3)4/h5-7H,8H2,1-4H3,(H,17,23). The van der Waals surface area contributed by atoms with Gasteiger partial charge >= 0.3 is 0 Å². The number of carbonyl (C=O) groups is 2. The predicted molar refractivity (Wildman–Crippen MR) is 81.8 cm³/mol. The lowest BCUT2D eigenvalue weighted by molar-refractivity contribution is -0.127. The molecule has 0 fully saturated rings. The van der Waals surface area contributed by atoms with Crippen LogP contribution in [0.15, 0.2) is 18.2 Å². The van der Waals surface area contributed by atoms with Crippen LogP contribution in [0, 0.1) is 19.7 Å². The Bertz CT molecular complexity index is 754. The third-order valence-electron chi connectivity index (χ3n) is 3.34. The maximum atomic E-state index is 14.0. The van der Waals surface area contributed by atoms with Crippen molar-refractivity contribution in [2.75, 3.05) is 20.6 Å². The summed E-state index contributed by atoms with van der Waals surface area (Å²) in [4.78, 5) is 24.9. The molecule has 2 aromatic rings. The molecule has 0 unspecified atom stereocenters. The molecule has 0 spiro atoms. The van der Waals surface area contributed by atoms with Gasteiger partial charge in [0.25, 0.3) is 5.91 Å². The molecule has 23 heavy (non-hydrogen) atoms. The van der Waals surface area contributed by atoms with Crippen LogP contribution in [-0.4, -0.2) is 52.3 Å². The fourth-order valence-corrected chi connectivity index (χ4v) is 1.95. The zero-order valence-electron chi connectivity index (χ0n) is 13.4. The van der Waals surface area contributed by atoms with Crippen LogP contribution in [0.2, 0.25) is 0 Å². The lowest BCUT2D eigenvalue weighted by atomic mass is 10.2. The zero-order valence-corrected chi connectivity index (χ0v) is 13.4. The van der Waals surface area contributed by atoms with Gasteiger partial charge in [-0.3, -0.25) is 9.59 Å². The number of halogens is 1. The molecule has 0 radical (unpaired) electrons. The second-order valence-corrected chi connectivity index (χ2v) is 5.36. The van der Waals surface area contributed by atoms with Gasteiger partial charge in [0, 0.05) is 14.1 Å². The highest BCUT2D eigenvalue weighted by molar-refractivity contribution is 5.95. The number of aromatic nitrogens is 3. The van der Waals surface area contributed by atoms with E-state index in [2.05, 4.69) is 15.6 Å². The van der Waals surface area contributed by atoms with Crippen LogP contribution < -0.4 is 5.32 Å². The van der Waals surface area contributed by atoms with E-state index < -0.39 is 11.7 Å². The Balaban J connectivity index is 2.22. The summed E-state index contributed by atoms with van der Waals surface area (Å²) in [7, 11) is 3.19. The Morgan fingerprint density at radius 1 is 1.30 bits per heavy atom. The molecule has 1 N–H and O–H groups in total. The highest BCUT2D eigenvalue weighted by atomic mass is 19.1. The Kier molecular flexibility index (Phi) is 4.73. The second kappa shape index (κ2) is 6.55. The summed E-state index contributed by atoms with van der Waals surface area (Å²) < 4.78 is 15.3. The molecule has 0 saturated heterocycles. The van der Waals surface area contributed by atoms with Gasteiger partial charge in [-0.25, -0.2) is 9.07 Å². The van der Waals surface area contributed by atoms with Gasteiger partial charge in [0.2, 0.25) is 5.91 Å². The van der Waals surface area contributed by atoms with Crippen LogP contribution in [0.4, 0.5) is 4.39 Å².